The van der Waals surface area contributed by atoms with E-state index in [1.54, 1.807) is 26.4 Å². The van der Waals surface area contributed by atoms with Gasteiger partial charge in [0.15, 0.2) is 5.78 Å². The molecule has 0 fully saturated rings. The van der Waals surface area contributed by atoms with Crippen molar-refractivity contribution in [1.29, 1.82) is 0 Å². The van der Waals surface area contributed by atoms with Gasteiger partial charge in [0, 0.05) is 28.2 Å². The van der Waals surface area contributed by atoms with Gasteiger partial charge >= 0.3 is 0 Å². The molecule has 0 unspecified atom stereocenters. The van der Waals surface area contributed by atoms with Crippen LogP contribution in [0.3, 0.4) is 0 Å². The van der Waals surface area contributed by atoms with Crippen LogP contribution in [-0.2, 0) is 0 Å². The number of aromatic nitrogens is 1. The van der Waals surface area contributed by atoms with Crippen LogP contribution >= 0.6 is 11.6 Å². The van der Waals surface area contributed by atoms with Gasteiger partial charge in [0.1, 0.15) is 11.5 Å². The highest BCUT2D eigenvalue weighted by Gasteiger charge is 2.22. The fraction of sp³-hybridized carbons (Fsp3) is 0.250. The Morgan fingerprint density at radius 3 is 2.54 bits per heavy atom. The number of aryl methyl sites for hydroxylation is 1. The second-order valence-corrected chi connectivity index (χ2v) is 6.50. The number of carbonyl (C=O) groups is 1. The molecule has 2 N–H and O–H groups in total. The van der Waals surface area contributed by atoms with Gasteiger partial charge in [-0.05, 0) is 26.0 Å². The Bertz CT molecular complexity index is 965. The number of hydrogen-bond donors (Lipinski definition) is 2. The van der Waals surface area contributed by atoms with Crippen LogP contribution in [0.2, 0.25) is 5.02 Å². The van der Waals surface area contributed by atoms with Crippen LogP contribution < -0.4 is 14.8 Å². The van der Waals surface area contributed by atoms with Gasteiger partial charge < -0.3 is 19.8 Å². The molecule has 1 atom stereocenters. The minimum Gasteiger partial charge on any atom is -0.495 e. The summed E-state index contributed by atoms with van der Waals surface area (Å²) >= 11 is 6.21. The number of rotatable bonds is 6. The second kappa shape index (κ2) is 7.30. The standard InChI is InChI=1S/C20H21ClN2O3/c1-11-19(13-7-5-6-8-15(13)22-11)20(24)12(2)23-16-9-14(21)17(25-3)10-18(16)26-4/h5-10,12,22-23H,1-4H3/t12-/m0/s1. The van der Waals surface area contributed by atoms with Gasteiger partial charge in [-0.3, -0.25) is 4.79 Å². The van der Waals surface area contributed by atoms with Crippen LogP contribution in [0.5, 0.6) is 11.5 Å². The van der Waals surface area contributed by atoms with Gasteiger partial charge in [-0.25, -0.2) is 0 Å². The Kier molecular flexibility index (Phi) is 5.09. The van der Waals surface area contributed by atoms with Crippen molar-refractivity contribution in [1.82, 2.24) is 4.98 Å². The van der Waals surface area contributed by atoms with Crippen molar-refractivity contribution >= 4 is 34.0 Å². The number of hydrogen-bond acceptors (Lipinski definition) is 4. The fourth-order valence-electron chi connectivity index (χ4n) is 3.08. The van der Waals surface area contributed by atoms with Crippen LogP contribution in [0.25, 0.3) is 10.9 Å². The predicted octanol–water partition coefficient (Wildman–Crippen LogP) is 4.83. The number of aromatic amines is 1. The Labute approximate surface area is 157 Å². The molecule has 0 saturated heterocycles. The minimum absolute atomic E-state index is 0.00561. The molecule has 3 aromatic rings. The van der Waals surface area contributed by atoms with Crippen LogP contribution in [-0.4, -0.2) is 31.0 Å². The number of halogens is 1. The van der Waals surface area contributed by atoms with Crippen molar-refractivity contribution in [3.63, 3.8) is 0 Å². The molecular weight excluding hydrogens is 352 g/mol. The summed E-state index contributed by atoms with van der Waals surface area (Å²) in [7, 11) is 3.10. The number of nitrogens with one attached hydrogen (secondary N) is 2. The topological polar surface area (TPSA) is 63.4 Å². The van der Waals surface area contributed by atoms with E-state index in [1.807, 2.05) is 38.1 Å². The van der Waals surface area contributed by atoms with E-state index in [0.717, 1.165) is 16.6 Å². The molecular formula is C20H21ClN2O3. The number of benzene rings is 2. The summed E-state index contributed by atoms with van der Waals surface area (Å²) in [5.74, 6) is 1.07. The van der Waals surface area contributed by atoms with Gasteiger partial charge in [0.05, 0.1) is 31.0 Å². The number of methoxy groups -OCH3 is 2. The molecule has 3 rings (SSSR count). The number of carbonyl (C=O) groups excluding carboxylic acids is 1. The Balaban J connectivity index is 1.92. The summed E-state index contributed by atoms with van der Waals surface area (Å²) in [5.41, 5.74) is 3.13. The summed E-state index contributed by atoms with van der Waals surface area (Å²) in [6, 6.07) is 10.7. The van der Waals surface area contributed by atoms with Crippen molar-refractivity contribution in [2.45, 2.75) is 19.9 Å². The highest BCUT2D eigenvalue weighted by atomic mass is 35.5. The molecule has 2 aromatic carbocycles. The minimum atomic E-state index is -0.466. The third kappa shape index (κ3) is 3.22. The normalized spacial score (nSPS) is 12.0. The number of ketones is 1. The maximum atomic E-state index is 13.1. The fourth-order valence-corrected chi connectivity index (χ4v) is 3.32. The zero-order valence-electron chi connectivity index (χ0n) is 15.1. The summed E-state index contributed by atoms with van der Waals surface area (Å²) in [4.78, 5) is 16.3. The smallest absolute Gasteiger partial charge is 0.187 e. The second-order valence-electron chi connectivity index (χ2n) is 6.09. The van der Waals surface area contributed by atoms with Gasteiger partial charge in [-0.2, -0.15) is 0 Å². The zero-order chi connectivity index (χ0) is 18.8. The van der Waals surface area contributed by atoms with E-state index in [0.29, 0.717) is 27.8 Å². The maximum absolute atomic E-state index is 13.1. The average molecular weight is 373 g/mol. The molecule has 1 heterocycles. The van der Waals surface area contributed by atoms with Gasteiger partial charge in [-0.1, -0.05) is 29.8 Å². The third-order valence-corrected chi connectivity index (χ3v) is 4.67. The number of fused-ring (bicyclic) bond motifs is 1. The van der Waals surface area contributed by atoms with E-state index in [9.17, 15) is 4.79 Å². The van der Waals surface area contributed by atoms with Crippen molar-refractivity contribution in [3.8, 4) is 11.5 Å². The number of H-pyrrole nitrogens is 1. The molecule has 0 bridgehead atoms. The van der Waals surface area contributed by atoms with Crippen LogP contribution in [0.15, 0.2) is 36.4 Å². The zero-order valence-corrected chi connectivity index (χ0v) is 15.9. The molecule has 26 heavy (non-hydrogen) atoms. The largest absolute Gasteiger partial charge is 0.495 e. The van der Waals surface area contributed by atoms with Crippen molar-refractivity contribution < 1.29 is 14.3 Å². The average Bonchev–Trinajstić information content (AvgIpc) is 2.97. The molecule has 6 heteroatoms. The van der Waals surface area contributed by atoms with Crippen molar-refractivity contribution in [2.24, 2.45) is 0 Å². The molecule has 0 radical (unpaired) electrons. The van der Waals surface area contributed by atoms with Crippen LogP contribution in [0, 0.1) is 6.92 Å². The number of para-hydroxylation sites is 1. The quantitative estimate of drug-likeness (QED) is 0.608. The molecule has 0 saturated carbocycles. The lowest BCUT2D eigenvalue weighted by molar-refractivity contribution is 0.0976. The van der Waals surface area contributed by atoms with E-state index >= 15 is 0 Å². The van der Waals surface area contributed by atoms with E-state index in [2.05, 4.69) is 10.3 Å². The molecule has 0 aliphatic heterocycles. The Morgan fingerprint density at radius 2 is 1.85 bits per heavy atom. The van der Waals surface area contributed by atoms with Gasteiger partial charge in [-0.15, -0.1) is 0 Å². The molecule has 1 aromatic heterocycles. The SMILES string of the molecule is COc1cc(OC)c(N[C@@H](C)C(=O)c2c(C)[nH]c3ccccc23)cc1Cl. The summed E-state index contributed by atoms with van der Waals surface area (Å²) in [6.07, 6.45) is 0. The van der Waals surface area contributed by atoms with Gasteiger partial charge in [0.25, 0.3) is 0 Å². The monoisotopic (exact) mass is 372 g/mol. The van der Waals surface area contributed by atoms with Crippen molar-refractivity contribution in [3.05, 3.63) is 52.7 Å². The lowest BCUT2D eigenvalue weighted by Gasteiger charge is -2.18. The Hall–Kier alpha value is -2.66. The van der Waals surface area contributed by atoms with E-state index in [1.165, 1.54) is 0 Å². The highest BCUT2D eigenvalue weighted by Crippen LogP contribution is 2.36. The number of anilines is 1. The molecule has 0 amide bonds. The first-order valence-corrected chi connectivity index (χ1v) is 8.63. The third-order valence-electron chi connectivity index (χ3n) is 4.38. The summed E-state index contributed by atoms with van der Waals surface area (Å²) in [5, 5.41) is 4.57. The summed E-state index contributed by atoms with van der Waals surface area (Å²) < 4.78 is 10.6. The maximum Gasteiger partial charge on any atom is 0.187 e. The first-order valence-electron chi connectivity index (χ1n) is 8.25. The van der Waals surface area contributed by atoms with Crippen LogP contribution in [0.1, 0.15) is 23.0 Å². The summed E-state index contributed by atoms with van der Waals surface area (Å²) in [6.45, 7) is 3.73. The first-order chi connectivity index (χ1) is 12.5. The van der Waals surface area contributed by atoms with Crippen LogP contribution in [0.4, 0.5) is 5.69 Å². The first kappa shape index (κ1) is 18.1. The number of ether oxygens (including phenoxy) is 2. The van der Waals surface area contributed by atoms with E-state index in [4.69, 9.17) is 21.1 Å². The molecule has 0 spiro atoms. The number of Topliss-reactive ketones (excluding diaryl/α,β-unsaturated/α-hetero) is 1. The molecule has 5 nitrogen and oxygen atoms in total. The molecule has 0 aliphatic carbocycles. The predicted molar refractivity (Wildman–Crippen MR) is 105 cm³/mol. The lowest BCUT2D eigenvalue weighted by Crippen LogP contribution is -2.26. The van der Waals surface area contributed by atoms with E-state index < -0.39 is 6.04 Å². The highest BCUT2D eigenvalue weighted by molar-refractivity contribution is 6.32. The lowest BCUT2D eigenvalue weighted by atomic mass is 10.0. The Morgan fingerprint density at radius 1 is 1.15 bits per heavy atom. The molecule has 136 valence electrons. The van der Waals surface area contributed by atoms with Crippen molar-refractivity contribution in [2.75, 3.05) is 19.5 Å². The molecule has 0 aliphatic rings. The van der Waals surface area contributed by atoms with Gasteiger partial charge in [0.2, 0.25) is 0 Å². The van der Waals surface area contributed by atoms with E-state index in [-0.39, 0.29) is 5.78 Å².